The lowest BCUT2D eigenvalue weighted by Gasteiger charge is -2.08. The highest BCUT2D eigenvalue weighted by atomic mass is 79.9. The van der Waals surface area contributed by atoms with Gasteiger partial charge in [0.15, 0.2) is 12.4 Å². The van der Waals surface area contributed by atoms with Gasteiger partial charge in [-0.15, -0.1) is 0 Å². The predicted molar refractivity (Wildman–Crippen MR) is 96.2 cm³/mol. The predicted octanol–water partition coefficient (Wildman–Crippen LogP) is 3.34. The lowest BCUT2D eigenvalue weighted by atomic mass is 10.2. The van der Waals surface area contributed by atoms with Gasteiger partial charge in [0.2, 0.25) is 0 Å². The molecule has 0 aliphatic heterocycles. The number of nitrogens with one attached hydrogen (secondary N) is 2. The van der Waals surface area contributed by atoms with Crippen LogP contribution in [0, 0.1) is 6.92 Å². The van der Waals surface area contributed by atoms with Gasteiger partial charge in [0.05, 0.1) is 4.47 Å². The SMILES string of the molecule is Cc1ccc(OCC(=O)NNC(=O)c2cc3cccc(Br)c3o2)cc1. The van der Waals surface area contributed by atoms with Crippen LogP contribution in [0.15, 0.2) is 57.4 Å². The highest BCUT2D eigenvalue weighted by Gasteiger charge is 2.14. The molecule has 2 aromatic carbocycles. The van der Waals surface area contributed by atoms with E-state index in [1.165, 1.54) is 0 Å². The second-order valence-corrected chi connectivity index (χ2v) is 6.23. The molecule has 0 spiro atoms. The highest BCUT2D eigenvalue weighted by Crippen LogP contribution is 2.26. The minimum atomic E-state index is -0.549. The van der Waals surface area contributed by atoms with Crippen molar-refractivity contribution in [1.29, 1.82) is 0 Å². The number of hydrazine groups is 1. The Balaban J connectivity index is 1.53. The van der Waals surface area contributed by atoms with E-state index in [9.17, 15) is 9.59 Å². The van der Waals surface area contributed by atoms with E-state index >= 15 is 0 Å². The van der Waals surface area contributed by atoms with Crippen molar-refractivity contribution >= 4 is 38.7 Å². The van der Waals surface area contributed by atoms with E-state index in [2.05, 4.69) is 26.8 Å². The summed E-state index contributed by atoms with van der Waals surface area (Å²) in [6.45, 7) is 1.75. The number of hydrogen-bond acceptors (Lipinski definition) is 4. The van der Waals surface area contributed by atoms with Gasteiger partial charge in [-0.3, -0.25) is 20.4 Å². The fourth-order valence-electron chi connectivity index (χ4n) is 2.15. The highest BCUT2D eigenvalue weighted by molar-refractivity contribution is 9.10. The third kappa shape index (κ3) is 4.19. The molecule has 0 atom stereocenters. The monoisotopic (exact) mass is 402 g/mol. The third-order valence-electron chi connectivity index (χ3n) is 3.43. The number of halogens is 1. The molecular formula is C18H15BrN2O4. The first-order chi connectivity index (χ1) is 12.0. The largest absolute Gasteiger partial charge is 0.484 e. The summed E-state index contributed by atoms with van der Waals surface area (Å²) in [6.07, 6.45) is 0. The van der Waals surface area contributed by atoms with Crippen molar-refractivity contribution in [3.8, 4) is 5.75 Å². The van der Waals surface area contributed by atoms with Crippen molar-refractivity contribution in [3.63, 3.8) is 0 Å². The Morgan fingerprint density at radius 3 is 2.60 bits per heavy atom. The van der Waals surface area contributed by atoms with Crippen LogP contribution in [0.2, 0.25) is 0 Å². The summed E-state index contributed by atoms with van der Waals surface area (Å²) < 4.78 is 11.6. The second-order valence-electron chi connectivity index (χ2n) is 5.37. The maximum Gasteiger partial charge on any atom is 0.305 e. The van der Waals surface area contributed by atoms with E-state index in [0.29, 0.717) is 11.3 Å². The van der Waals surface area contributed by atoms with Gasteiger partial charge in [0.1, 0.15) is 11.3 Å². The van der Waals surface area contributed by atoms with Gasteiger partial charge in [0, 0.05) is 5.39 Å². The first kappa shape index (κ1) is 17.0. The van der Waals surface area contributed by atoms with Crippen LogP contribution in [0.3, 0.4) is 0 Å². The number of para-hydroxylation sites is 1. The zero-order valence-corrected chi connectivity index (χ0v) is 14.9. The number of amides is 2. The molecule has 0 aliphatic carbocycles. The zero-order chi connectivity index (χ0) is 17.8. The summed E-state index contributed by atoms with van der Waals surface area (Å²) in [5.41, 5.74) is 6.25. The molecule has 0 radical (unpaired) electrons. The standard InChI is InChI=1S/C18H15BrN2O4/c1-11-5-7-13(8-6-11)24-10-16(22)20-21-18(23)15-9-12-3-2-4-14(19)17(12)25-15/h2-9H,10H2,1H3,(H,20,22)(H,21,23). The van der Waals surface area contributed by atoms with Crippen LogP contribution >= 0.6 is 15.9 Å². The normalized spacial score (nSPS) is 10.5. The minimum absolute atomic E-state index is 0.0988. The van der Waals surface area contributed by atoms with Gasteiger partial charge in [-0.25, -0.2) is 0 Å². The molecule has 0 saturated heterocycles. The second kappa shape index (κ2) is 7.40. The molecule has 2 N–H and O–H groups in total. The molecular weight excluding hydrogens is 388 g/mol. The number of benzene rings is 2. The van der Waals surface area contributed by atoms with Crippen LogP contribution in [0.5, 0.6) is 5.75 Å². The van der Waals surface area contributed by atoms with E-state index < -0.39 is 11.8 Å². The van der Waals surface area contributed by atoms with E-state index in [-0.39, 0.29) is 12.4 Å². The lowest BCUT2D eigenvalue weighted by molar-refractivity contribution is -0.123. The van der Waals surface area contributed by atoms with Crippen molar-refractivity contribution in [2.45, 2.75) is 6.92 Å². The molecule has 1 aromatic heterocycles. The van der Waals surface area contributed by atoms with E-state index in [0.717, 1.165) is 15.4 Å². The Kier molecular flexibility index (Phi) is 5.04. The van der Waals surface area contributed by atoms with Crippen molar-refractivity contribution < 1.29 is 18.7 Å². The number of fused-ring (bicyclic) bond motifs is 1. The Morgan fingerprint density at radius 1 is 1.12 bits per heavy atom. The summed E-state index contributed by atoms with van der Waals surface area (Å²) in [7, 11) is 0. The average molecular weight is 403 g/mol. The fourth-order valence-corrected chi connectivity index (χ4v) is 2.61. The van der Waals surface area contributed by atoms with Gasteiger partial charge in [-0.1, -0.05) is 29.8 Å². The van der Waals surface area contributed by atoms with Gasteiger partial charge in [-0.2, -0.15) is 0 Å². The van der Waals surface area contributed by atoms with Gasteiger partial charge in [-0.05, 0) is 47.1 Å². The Bertz CT molecular complexity index is 918. The fraction of sp³-hybridized carbons (Fsp3) is 0.111. The van der Waals surface area contributed by atoms with Gasteiger partial charge in [0.25, 0.3) is 5.91 Å². The van der Waals surface area contributed by atoms with Crippen LogP contribution in [0.25, 0.3) is 11.0 Å². The number of rotatable bonds is 4. The van der Waals surface area contributed by atoms with Crippen molar-refractivity contribution in [1.82, 2.24) is 10.9 Å². The van der Waals surface area contributed by atoms with E-state index in [1.54, 1.807) is 18.2 Å². The number of ether oxygens (including phenoxy) is 1. The Hall–Kier alpha value is -2.80. The maximum atomic E-state index is 12.1. The molecule has 6 nitrogen and oxygen atoms in total. The topological polar surface area (TPSA) is 80.6 Å². The number of furan rings is 1. The van der Waals surface area contributed by atoms with Gasteiger partial charge >= 0.3 is 5.91 Å². The maximum absolute atomic E-state index is 12.1. The molecule has 0 fully saturated rings. The van der Waals surface area contributed by atoms with E-state index in [4.69, 9.17) is 9.15 Å². The van der Waals surface area contributed by atoms with Crippen LogP contribution < -0.4 is 15.6 Å². The minimum Gasteiger partial charge on any atom is -0.484 e. The molecule has 1 heterocycles. The smallest absolute Gasteiger partial charge is 0.305 e. The first-order valence-corrected chi connectivity index (χ1v) is 8.29. The molecule has 128 valence electrons. The Labute approximate surface area is 152 Å². The summed E-state index contributed by atoms with van der Waals surface area (Å²) >= 11 is 3.36. The van der Waals surface area contributed by atoms with Crippen LogP contribution in [-0.4, -0.2) is 18.4 Å². The van der Waals surface area contributed by atoms with Crippen LogP contribution in [0.1, 0.15) is 16.1 Å². The van der Waals surface area contributed by atoms with Crippen LogP contribution in [-0.2, 0) is 4.79 Å². The number of aryl methyl sites for hydroxylation is 1. The molecule has 25 heavy (non-hydrogen) atoms. The van der Waals surface area contributed by atoms with Gasteiger partial charge < -0.3 is 9.15 Å². The zero-order valence-electron chi connectivity index (χ0n) is 13.3. The molecule has 3 aromatic rings. The third-order valence-corrected chi connectivity index (χ3v) is 4.05. The molecule has 2 amide bonds. The summed E-state index contributed by atoms with van der Waals surface area (Å²) in [5.74, 6) is -0.353. The molecule has 0 aliphatic rings. The van der Waals surface area contributed by atoms with Crippen molar-refractivity contribution in [2.75, 3.05) is 6.61 Å². The first-order valence-electron chi connectivity index (χ1n) is 7.49. The molecule has 7 heteroatoms. The quantitative estimate of drug-likeness (QED) is 0.655. The summed E-state index contributed by atoms with van der Waals surface area (Å²) in [5, 5.41) is 0.786. The number of hydrogen-bond donors (Lipinski definition) is 2. The molecule has 3 rings (SSSR count). The summed E-state index contributed by atoms with van der Waals surface area (Å²) in [6, 6.07) is 14.4. The average Bonchev–Trinajstić information content (AvgIpc) is 3.05. The summed E-state index contributed by atoms with van der Waals surface area (Å²) in [4.78, 5) is 23.8. The van der Waals surface area contributed by atoms with Crippen molar-refractivity contribution in [2.24, 2.45) is 0 Å². The van der Waals surface area contributed by atoms with Crippen molar-refractivity contribution in [3.05, 3.63) is 64.3 Å². The number of carbonyl (C=O) groups excluding carboxylic acids is 2. The lowest BCUT2D eigenvalue weighted by Crippen LogP contribution is -2.43. The molecule has 0 bridgehead atoms. The number of carbonyl (C=O) groups is 2. The molecule has 0 unspecified atom stereocenters. The van der Waals surface area contributed by atoms with Crippen LogP contribution in [0.4, 0.5) is 0 Å². The van der Waals surface area contributed by atoms with E-state index in [1.807, 2.05) is 37.3 Å². The Morgan fingerprint density at radius 2 is 1.88 bits per heavy atom. The molecule has 0 saturated carbocycles.